The maximum Gasteiger partial charge on any atom is 0.231 e. The van der Waals surface area contributed by atoms with Gasteiger partial charge < -0.3 is 20.6 Å². The highest BCUT2D eigenvalue weighted by Crippen LogP contribution is 2.14. The number of anilines is 3. The summed E-state index contributed by atoms with van der Waals surface area (Å²) in [7, 11) is 0. The highest BCUT2D eigenvalue weighted by atomic mass is 16.3. The van der Waals surface area contributed by atoms with Crippen LogP contribution in [0.4, 0.5) is 17.8 Å². The maximum atomic E-state index is 9.27. The van der Waals surface area contributed by atoms with Gasteiger partial charge in [0.25, 0.3) is 0 Å². The van der Waals surface area contributed by atoms with E-state index in [-0.39, 0.29) is 12.6 Å². The van der Waals surface area contributed by atoms with Gasteiger partial charge in [-0.1, -0.05) is 6.92 Å². The predicted molar refractivity (Wildman–Crippen MR) is 82.3 cm³/mol. The van der Waals surface area contributed by atoms with E-state index in [0.717, 1.165) is 26.1 Å². The molecule has 7 heteroatoms. The molecule has 3 N–H and O–H groups in total. The monoisotopic (exact) mass is 282 g/mol. The maximum absolute atomic E-state index is 9.27. The fourth-order valence-corrected chi connectivity index (χ4v) is 1.77. The number of aliphatic hydroxyl groups excluding tert-OH is 1. The third-order valence-corrected chi connectivity index (χ3v) is 3.05. The summed E-state index contributed by atoms with van der Waals surface area (Å²) in [6.45, 7) is 10.6. The molecule has 1 atom stereocenters. The molecular weight excluding hydrogens is 256 g/mol. The molecule has 7 nitrogen and oxygen atoms in total. The minimum atomic E-state index is -0.0450. The number of aromatic nitrogens is 3. The van der Waals surface area contributed by atoms with Gasteiger partial charge in [-0.15, -0.1) is 0 Å². The number of rotatable bonds is 9. The van der Waals surface area contributed by atoms with Crippen molar-refractivity contribution in [2.24, 2.45) is 0 Å². The lowest BCUT2D eigenvalue weighted by molar-refractivity contribution is 0.271. The van der Waals surface area contributed by atoms with Gasteiger partial charge in [-0.05, 0) is 27.2 Å². The molecular formula is C13H26N6O. The first-order valence-corrected chi connectivity index (χ1v) is 7.30. The van der Waals surface area contributed by atoms with Gasteiger partial charge in [-0.3, -0.25) is 0 Å². The summed E-state index contributed by atoms with van der Waals surface area (Å²) in [5.74, 6) is 1.70. The van der Waals surface area contributed by atoms with E-state index in [1.807, 2.05) is 13.8 Å². The molecule has 1 aromatic heterocycles. The minimum absolute atomic E-state index is 0.0450. The van der Waals surface area contributed by atoms with Crippen LogP contribution in [0.3, 0.4) is 0 Å². The zero-order valence-corrected chi connectivity index (χ0v) is 12.8. The van der Waals surface area contributed by atoms with E-state index in [2.05, 4.69) is 44.3 Å². The van der Waals surface area contributed by atoms with Crippen LogP contribution < -0.4 is 15.5 Å². The summed E-state index contributed by atoms with van der Waals surface area (Å²) >= 11 is 0. The number of hydrogen-bond donors (Lipinski definition) is 3. The zero-order chi connectivity index (χ0) is 15.0. The highest BCUT2D eigenvalue weighted by Gasteiger charge is 2.13. The van der Waals surface area contributed by atoms with Crippen LogP contribution in [0.5, 0.6) is 0 Å². The topological polar surface area (TPSA) is 86.2 Å². The summed E-state index contributed by atoms with van der Waals surface area (Å²) in [6, 6.07) is -0.0450. The quantitative estimate of drug-likeness (QED) is 0.630. The number of nitrogens with zero attached hydrogens (tertiary/aromatic N) is 4. The van der Waals surface area contributed by atoms with Crippen LogP contribution in [-0.4, -0.2) is 52.3 Å². The van der Waals surface area contributed by atoms with Gasteiger partial charge in [0.2, 0.25) is 17.8 Å². The Balaban J connectivity index is 3.03. The molecule has 1 unspecified atom stereocenters. The Bertz CT molecular complexity index is 392. The number of aliphatic hydroxyl groups is 1. The van der Waals surface area contributed by atoms with E-state index in [9.17, 15) is 5.11 Å². The van der Waals surface area contributed by atoms with Crippen molar-refractivity contribution in [1.82, 2.24) is 15.0 Å². The molecule has 0 aromatic carbocycles. The van der Waals surface area contributed by atoms with E-state index < -0.39 is 0 Å². The molecule has 0 amide bonds. The van der Waals surface area contributed by atoms with Crippen molar-refractivity contribution in [2.45, 2.75) is 40.2 Å². The summed E-state index contributed by atoms with van der Waals surface area (Å²) in [4.78, 5) is 15.2. The third-order valence-electron chi connectivity index (χ3n) is 3.05. The Labute approximate surface area is 120 Å². The van der Waals surface area contributed by atoms with Crippen molar-refractivity contribution in [1.29, 1.82) is 0 Å². The summed E-state index contributed by atoms with van der Waals surface area (Å²) in [5, 5.41) is 15.5. The molecule has 0 radical (unpaired) electrons. The molecule has 1 rings (SSSR count). The lowest BCUT2D eigenvalue weighted by Gasteiger charge is -2.21. The van der Waals surface area contributed by atoms with Gasteiger partial charge in [-0.25, -0.2) is 0 Å². The van der Waals surface area contributed by atoms with Gasteiger partial charge in [0.05, 0.1) is 12.6 Å². The summed E-state index contributed by atoms with van der Waals surface area (Å²) in [6.07, 6.45) is 0.805. The molecule has 0 saturated heterocycles. The molecule has 1 heterocycles. The molecule has 0 bridgehead atoms. The largest absolute Gasteiger partial charge is 0.394 e. The average molecular weight is 282 g/mol. The standard InChI is InChI=1S/C13H26N6O/c1-5-10(9-20)15-12-16-11(14-6-2)17-13(18-12)19(7-3)8-4/h10,20H,5-9H2,1-4H3,(H2,14,15,16,17,18). The first kappa shape index (κ1) is 16.4. The minimum Gasteiger partial charge on any atom is -0.394 e. The van der Waals surface area contributed by atoms with Crippen LogP contribution in [0.2, 0.25) is 0 Å². The van der Waals surface area contributed by atoms with Crippen molar-refractivity contribution < 1.29 is 5.11 Å². The smallest absolute Gasteiger partial charge is 0.231 e. The second kappa shape index (κ2) is 8.52. The van der Waals surface area contributed by atoms with Crippen LogP contribution in [-0.2, 0) is 0 Å². The van der Waals surface area contributed by atoms with Crippen molar-refractivity contribution in [3.05, 3.63) is 0 Å². The Hall–Kier alpha value is -1.63. The molecule has 114 valence electrons. The Morgan fingerprint density at radius 1 is 1.05 bits per heavy atom. The molecule has 20 heavy (non-hydrogen) atoms. The molecule has 1 aromatic rings. The fraction of sp³-hybridized carbons (Fsp3) is 0.769. The van der Waals surface area contributed by atoms with Crippen molar-refractivity contribution in [3.63, 3.8) is 0 Å². The lowest BCUT2D eigenvalue weighted by atomic mass is 10.2. The Morgan fingerprint density at radius 3 is 2.20 bits per heavy atom. The third kappa shape index (κ3) is 4.48. The van der Waals surface area contributed by atoms with Gasteiger partial charge in [0.1, 0.15) is 0 Å². The van der Waals surface area contributed by atoms with Gasteiger partial charge >= 0.3 is 0 Å². The normalized spacial score (nSPS) is 12.1. The van der Waals surface area contributed by atoms with E-state index in [4.69, 9.17) is 0 Å². The van der Waals surface area contributed by atoms with Gasteiger partial charge in [0.15, 0.2) is 0 Å². The Morgan fingerprint density at radius 2 is 1.70 bits per heavy atom. The SMILES string of the molecule is CCNc1nc(NC(CC)CO)nc(N(CC)CC)n1. The predicted octanol–water partition coefficient (Wildman–Crippen LogP) is 1.33. The van der Waals surface area contributed by atoms with Crippen LogP contribution in [0.25, 0.3) is 0 Å². The fourth-order valence-electron chi connectivity index (χ4n) is 1.77. The van der Waals surface area contributed by atoms with Crippen LogP contribution in [0.15, 0.2) is 0 Å². The molecule has 0 saturated carbocycles. The average Bonchev–Trinajstić information content (AvgIpc) is 2.46. The first-order valence-electron chi connectivity index (χ1n) is 7.30. The molecule has 0 aliphatic carbocycles. The molecule has 0 aliphatic rings. The van der Waals surface area contributed by atoms with Crippen molar-refractivity contribution in [3.8, 4) is 0 Å². The molecule has 0 spiro atoms. The van der Waals surface area contributed by atoms with Crippen LogP contribution in [0, 0.1) is 0 Å². The second-order valence-electron chi connectivity index (χ2n) is 4.42. The van der Waals surface area contributed by atoms with Crippen molar-refractivity contribution in [2.75, 3.05) is 41.8 Å². The van der Waals surface area contributed by atoms with E-state index in [1.165, 1.54) is 0 Å². The molecule has 0 fully saturated rings. The van der Waals surface area contributed by atoms with Gasteiger partial charge in [-0.2, -0.15) is 15.0 Å². The number of hydrogen-bond acceptors (Lipinski definition) is 7. The number of nitrogens with one attached hydrogen (secondary N) is 2. The zero-order valence-electron chi connectivity index (χ0n) is 12.8. The van der Waals surface area contributed by atoms with Gasteiger partial charge in [0, 0.05) is 19.6 Å². The highest BCUT2D eigenvalue weighted by molar-refractivity contribution is 5.44. The summed E-state index contributed by atoms with van der Waals surface area (Å²) < 4.78 is 0. The Kier molecular flexibility index (Phi) is 7.00. The van der Waals surface area contributed by atoms with Crippen molar-refractivity contribution >= 4 is 17.8 Å². The van der Waals surface area contributed by atoms with Crippen LogP contribution >= 0.6 is 0 Å². The van der Waals surface area contributed by atoms with Crippen LogP contribution in [0.1, 0.15) is 34.1 Å². The molecule has 0 aliphatic heterocycles. The van der Waals surface area contributed by atoms with E-state index >= 15 is 0 Å². The lowest BCUT2D eigenvalue weighted by Crippen LogP contribution is -2.28. The summed E-state index contributed by atoms with van der Waals surface area (Å²) in [5.41, 5.74) is 0. The second-order valence-corrected chi connectivity index (χ2v) is 4.42. The van der Waals surface area contributed by atoms with E-state index in [1.54, 1.807) is 0 Å². The first-order chi connectivity index (χ1) is 9.68. The van der Waals surface area contributed by atoms with E-state index in [0.29, 0.717) is 17.8 Å².